The summed E-state index contributed by atoms with van der Waals surface area (Å²) in [7, 11) is 0. The molecule has 1 atom stereocenters. The summed E-state index contributed by atoms with van der Waals surface area (Å²) < 4.78 is 13.4. The zero-order valence-corrected chi connectivity index (χ0v) is 17.9. The molecule has 2 aliphatic rings. The van der Waals surface area contributed by atoms with Gasteiger partial charge in [0.15, 0.2) is 6.61 Å². The molecule has 1 aliphatic carbocycles. The summed E-state index contributed by atoms with van der Waals surface area (Å²) in [6.45, 7) is 1.12. The summed E-state index contributed by atoms with van der Waals surface area (Å²) >= 11 is 6.12. The molecule has 2 heterocycles. The predicted octanol–water partition coefficient (Wildman–Crippen LogP) is 3.96. The lowest BCUT2D eigenvalue weighted by Gasteiger charge is -2.20. The predicted molar refractivity (Wildman–Crippen MR) is 115 cm³/mol. The first kappa shape index (κ1) is 21.2. The Kier molecular flexibility index (Phi) is 6.46. The van der Waals surface area contributed by atoms with Crippen LogP contribution < -0.4 is 10.1 Å². The number of fused-ring (bicyclic) bond motifs is 1. The fourth-order valence-corrected chi connectivity index (χ4v) is 4.55. The summed E-state index contributed by atoms with van der Waals surface area (Å²) in [5, 5.41) is 21.9. The van der Waals surface area contributed by atoms with Crippen molar-refractivity contribution in [1.82, 2.24) is 4.57 Å². The van der Waals surface area contributed by atoms with E-state index < -0.39 is 0 Å². The van der Waals surface area contributed by atoms with Crippen LogP contribution in [0.25, 0.3) is 0 Å². The molecule has 0 saturated carbocycles. The summed E-state index contributed by atoms with van der Waals surface area (Å²) in [6.07, 6.45) is 5.94. The maximum Gasteiger partial charge on any atom is 0.263 e. The lowest BCUT2D eigenvalue weighted by molar-refractivity contribution is -0.118. The lowest BCUT2D eigenvalue weighted by atomic mass is 9.95. The zero-order valence-electron chi connectivity index (χ0n) is 17.1. The molecule has 1 N–H and O–H groups in total. The van der Waals surface area contributed by atoms with E-state index >= 15 is 0 Å². The maximum absolute atomic E-state index is 12.7. The number of ether oxygens (including phenoxy) is 2. The number of nitrogens with zero attached hydrogens (tertiary/aromatic N) is 3. The number of hydrogen-bond donors (Lipinski definition) is 1. The van der Waals surface area contributed by atoms with Crippen LogP contribution in [0.5, 0.6) is 5.75 Å². The van der Waals surface area contributed by atoms with Crippen molar-refractivity contribution in [2.75, 3.05) is 18.5 Å². The lowest BCUT2D eigenvalue weighted by Crippen LogP contribution is -2.25. The van der Waals surface area contributed by atoms with E-state index in [9.17, 15) is 10.1 Å². The molecule has 0 spiro atoms. The van der Waals surface area contributed by atoms with Gasteiger partial charge in [-0.05, 0) is 62.3 Å². The van der Waals surface area contributed by atoms with Gasteiger partial charge in [-0.3, -0.25) is 4.79 Å². The number of nitriles is 2. The highest BCUT2D eigenvalue weighted by atomic mass is 35.5. The number of amides is 1. The second-order valence-electron chi connectivity index (χ2n) is 7.81. The van der Waals surface area contributed by atoms with Crippen LogP contribution in [-0.2, 0) is 28.9 Å². The number of carbonyl (C=O) groups excluding carboxylic acids is 1. The Bertz CT molecular complexity index is 1070. The molecule has 1 aromatic heterocycles. The first-order chi connectivity index (χ1) is 15.1. The van der Waals surface area contributed by atoms with E-state index in [4.69, 9.17) is 26.3 Å². The molecular formula is C23H23ClN4O3. The fourth-order valence-electron chi connectivity index (χ4n) is 4.31. The molecule has 160 valence electrons. The average Bonchev–Trinajstić information content (AvgIpc) is 3.39. The molecule has 31 heavy (non-hydrogen) atoms. The van der Waals surface area contributed by atoms with Gasteiger partial charge in [-0.2, -0.15) is 10.5 Å². The van der Waals surface area contributed by atoms with Gasteiger partial charge in [0.25, 0.3) is 5.91 Å². The Hall–Kier alpha value is -3.00. The van der Waals surface area contributed by atoms with Crippen molar-refractivity contribution in [1.29, 1.82) is 10.5 Å². The topological polar surface area (TPSA) is 100 Å². The number of aromatic nitrogens is 1. The minimum atomic E-state index is -0.375. The molecule has 1 fully saturated rings. The van der Waals surface area contributed by atoms with E-state index in [0.717, 1.165) is 56.4 Å². The summed E-state index contributed by atoms with van der Waals surface area (Å²) in [5.41, 5.74) is 3.12. The monoisotopic (exact) mass is 438 g/mol. The number of halogens is 1. The minimum Gasteiger partial charge on any atom is -0.482 e. The van der Waals surface area contributed by atoms with E-state index in [-0.39, 0.29) is 23.6 Å². The number of benzene rings is 1. The Balaban J connectivity index is 1.54. The normalized spacial score (nSPS) is 17.5. The standard InChI is InChI=1S/C23H23ClN4O3/c24-19-10-15(11-25)7-8-21(19)31-14-22(29)27-23-18(12-26)17-5-1-2-6-20(17)28(23)13-16-4-3-9-30-16/h7-8,10,16H,1-6,9,13-14H2,(H,27,29). The van der Waals surface area contributed by atoms with Crippen molar-refractivity contribution < 1.29 is 14.3 Å². The molecule has 4 rings (SSSR count). The Morgan fingerprint density at radius 1 is 1.26 bits per heavy atom. The van der Waals surface area contributed by atoms with Crippen LogP contribution in [0.1, 0.15) is 48.1 Å². The Morgan fingerprint density at radius 3 is 2.81 bits per heavy atom. The maximum atomic E-state index is 12.7. The second kappa shape index (κ2) is 9.43. The van der Waals surface area contributed by atoms with Gasteiger partial charge >= 0.3 is 0 Å². The molecule has 1 saturated heterocycles. The highest BCUT2D eigenvalue weighted by Gasteiger charge is 2.28. The van der Waals surface area contributed by atoms with Gasteiger partial charge in [0.05, 0.1) is 34.9 Å². The smallest absolute Gasteiger partial charge is 0.263 e. The summed E-state index contributed by atoms with van der Waals surface area (Å²) in [4.78, 5) is 12.7. The number of nitrogens with one attached hydrogen (secondary N) is 1. The number of carbonyl (C=O) groups is 1. The van der Waals surface area contributed by atoms with Crippen LogP contribution in [-0.4, -0.2) is 29.8 Å². The highest BCUT2D eigenvalue weighted by Crippen LogP contribution is 2.34. The van der Waals surface area contributed by atoms with Gasteiger partial charge in [-0.25, -0.2) is 0 Å². The first-order valence-electron chi connectivity index (χ1n) is 10.5. The van der Waals surface area contributed by atoms with Crippen LogP contribution >= 0.6 is 11.6 Å². The van der Waals surface area contributed by atoms with E-state index in [2.05, 4.69) is 16.0 Å². The SMILES string of the molecule is N#Cc1ccc(OCC(=O)Nc2c(C#N)c3c(n2CC2CCCO2)CCCC3)c(Cl)c1. The van der Waals surface area contributed by atoms with Gasteiger partial charge in [0, 0.05) is 12.3 Å². The van der Waals surface area contributed by atoms with Crippen molar-refractivity contribution >= 4 is 23.3 Å². The molecule has 1 unspecified atom stereocenters. The third kappa shape index (κ3) is 4.54. The average molecular weight is 439 g/mol. The van der Waals surface area contributed by atoms with E-state index in [1.54, 1.807) is 12.1 Å². The third-order valence-corrected chi connectivity index (χ3v) is 6.07. The van der Waals surface area contributed by atoms with Crippen LogP contribution in [0.4, 0.5) is 5.82 Å². The van der Waals surface area contributed by atoms with Gasteiger partial charge < -0.3 is 19.4 Å². The van der Waals surface area contributed by atoms with Crippen LogP contribution in [0.2, 0.25) is 5.02 Å². The van der Waals surface area contributed by atoms with Crippen molar-refractivity contribution in [2.24, 2.45) is 0 Å². The van der Waals surface area contributed by atoms with Gasteiger partial charge in [0.2, 0.25) is 0 Å². The number of hydrogen-bond acceptors (Lipinski definition) is 5. The summed E-state index contributed by atoms with van der Waals surface area (Å²) in [6, 6.07) is 8.93. The van der Waals surface area contributed by atoms with Gasteiger partial charge in [-0.1, -0.05) is 11.6 Å². The molecule has 0 radical (unpaired) electrons. The number of anilines is 1. The largest absolute Gasteiger partial charge is 0.482 e. The molecule has 7 nitrogen and oxygen atoms in total. The van der Waals surface area contributed by atoms with E-state index in [0.29, 0.717) is 29.2 Å². The quantitative estimate of drug-likeness (QED) is 0.735. The first-order valence-corrected chi connectivity index (χ1v) is 10.9. The molecule has 1 amide bonds. The summed E-state index contributed by atoms with van der Waals surface area (Å²) in [5.74, 6) is 0.482. The Labute approximate surface area is 186 Å². The van der Waals surface area contributed by atoms with Crippen LogP contribution in [0.15, 0.2) is 18.2 Å². The molecule has 1 aliphatic heterocycles. The van der Waals surface area contributed by atoms with Gasteiger partial charge in [-0.15, -0.1) is 0 Å². The van der Waals surface area contributed by atoms with Crippen LogP contribution in [0, 0.1) is 22.7 Å². The highest BCUT2D eigenvalue weighted by molar-refractivity contribution is 6.32. The van der Waals surface area contributed by atoms with E-state index in [1.807, 2.05) is 6.07 Å². The number of rotatable bonds is 6. The fraction of sp³-hybridized carbons (Fsp3) is 0.435. The van der Waals surface area contributed by atoms with Crippen molar-refractivity contribution in [3.05, 3.63) is 45.6 Å². The molecule has 2 aromatic rings. The zero-order chi connectivity index (χ0) is 21.8. The molecule has 0 bridgehead atoms. The second-order valence-corrected chi connectivity index (χ2v) is 8.21. The molecular weight excluding hydrogens is 416 g/mol. The van der Waals surface area contributed by atoms with Gasteiger partial charge in [0.1, 0.15) is 17.6 Å². The molecule has 8 heteroatoms. The van der Waals surface area contributed by atoms with Crippen molar-refractivity contribution in [2.45, 2.75) is 51.2 Å². The Morgan fingerprint density at radius 2 is 2.10 bits per heavy atom. The van der Waals surface area contributed by atoms with Crippen molar-refractivity contribution in [3.63, 3.8) is 0 Å². The molecule has 1 aromatic carbocycles. The minimum absolute atomic E-state index is 0.0920. The van der Waals surface area contributed by atoms with E-state index in [1.165, 1.54) is 6.07 Å². The van der Waals surface area contributed by atoms with Crippen LogP contribution in [0.3, 0.4) is 0 Å². The third-order valence-electron chi connectivity index (χ3n) is 5.77. The van der Waals surface area contributed by atoms with Crippen molar-refractivity contribution in [3.8, 4) is 17.9 Å².